The van der Waals surface area contributed by atoms with Crippen LogP contribution >= 0.6 is 11.3 Å². The first-order valence-electron chi connectivity index (χ1n) is 4.93. The van der Waals surface area contributed by atoms with Gasteiger partial charge in [-0.15, -0.1) is 11.3 Å². The molecule has 0 aliphatic heterocycles. The molecule has 0 saturated heterocycles. The lowest BCUT2D eigenvalue weighted by Crippen LogP contribution is -1.85. The number of nitrogens with zero attached hydrogens (tertiary/aromatic N) is 3. The molecule has 5 nitrogen and oxygen atoms in total. The maximum atomic E-state index is 5.80. The van der Waals surface area contributed by atoms with Crippen LogP contribution in [-0.2, 0) is 0 Å². The number of thiophene rings is 1. The van der Waals surface area contributed by atoms with Crippen molar-refractivity contribution < 1.29 is 4.52 Å². The molecule has 0 bridgehead atoms. The quantitative estimate of drug-likeness (QED) is 0.749. The van der Waals surface area contributed by atoms with Crippen LogP contribution in [0.1, 0.15) is 0 Å². The number of nitrogen functional groups attached to an aromatic ring is 1. The molecule has 0 spiro atoms. The van der Waals surface area contributed by atoms with Gasteiger partial charge in [0.05, 0.1) is 10.6 Å². The van der Waals surface area contributed by atoms with Crippen molar-refractivity contribution in [3.8, 4) is 23.0 Å². The van der Waals surface area contributed by atoms with Crippen LogP contribution in [0.15, 0.2) is 40.4 Å². The Morgan fingerprint density at radius 1 is 1.24 bits per heavy atom. The van der Waals surface area contributed by atoms with Crippen LogP contribution in [0.25, 0.3) is 23.0 Å². The van der Waals surface area contributed by atoms with E-state index in [0.29, 0.717) is 22.4 Å². The van der Waals surface area contributed by atoms with Crippen LogP contribution in [0.2, 0.25) is 0 Å². The van der Waals surface area contributed by atoms with Crippen molar-refractivity contribution in [3.05, 3.63) is 35.8 Å². The van der Waals surface area contributed by atoms with Crippen LogP contribution in [-0.4, -0.2) is 15.1 Å². The summed E-state index contributed by atoms with van der Waals surface area (Å²) in [4.78, 5) is 8.42. The van der Waals surface area contributed by atoms with E-state index in [2.05, 4.69) is 15.1 Å². The zero-order valence-corrected chi connectivity index (χ0v) is 9.52. The highest BCUT2D eigenvalue weighted by Crippen LogP contribution is 2.30. The van der Waals surface area contributed by atoms with E-state index in [-0.39, 0.29) is 0 Å². The van der Waals surface area contributed by atoms with Gasteiger partial charge in [0.25, 0.3) is 5.89 Å². The molecule has 3 heterocycles. The largest absolute Gasteiger partial charge is 0.390 e. The minimum atomic E-state index is 0.421. The van der Waals surface area contributed by atoms with E-state index in [9.17, 15) is 0 Å². The minimum absolute atomic E-state index is 0.421. The lowest BCUT2D eigenvalue weighted by molar-refractivity contribution is 0.432. The van der Waals surface area contributed by atoms with Gasteiger partial charge in [-0.3, -0.25) is 4.98 Å². The molecular formula is C11H8N4OS. The first kappa shape index (κ1) is 9.98. The van der Waals surface area contributed by atoms with Gasteiger partial charge >= 0.3 is 0 Å². The van der Waals surface area contributed by atoms with Gasteiger partial charge in [0.2, 0.25) is 5.82 Å². The van der Waals surface area contributed by atoms with Crippen molar-refractivity contribution in [2.24, 2.45) is 0 Å². The summed E-state index contributed by atoms with van der Waals surface area (Å²) in [6.07, 6.45) is 1.68. The number of hydrogen-bond acceptors (Lipinski definition) is 6. The third-order valence-electron chi connectivity index (χ3n) is 2.25. The summed E-state index contributed by atoms with van der Waals surface area (Å²) in [5, 5.41) is 6.44. The number of nitrogens with two attached hydrogens (primary N) is 1. The van der Waals surface area contributed by atoms with Gasteiger partial charge in [-0.05, 0) is 23.6 Å². The second-order valence-corrected chi connectivity index (χ2v) is 4.28. The number of anilines is 1. The fourth-order valence-corrected chi connectivity index (χ4v) is 2.06. The van der Waals surface area contributed by atoms with Gasteiger partial charge < -0.3 is 10.3 Å². The predicted octanol–water partition coefficient (Wildman–Crippen LogP) is 2.44. The number of aromatic nitrogens is 3. The van der Waals surface area contributed by atoms with Crippen molar-refractivity contribution in [2.45, 2.75) is 0 Å². The zero-order chi connectivity index (χ0) is 11.7. The molecular weight excluding hydrogens is 236 g/mol. The van der Waals surface area contributed by atoms with Crippen LogP contribution in [0.4, 0.5) is 5.00 Å². The van der Waals surface area contributed by atoms with Gasteiger partial charge in [0.15, 0.2) is 0 Å². The summed E-state index contributed by atoms with van der Waals surface area (Å²) in [6, 6.07) is 7.39. The Labute approximate surface area is 101 Å². The fourth-order valence-electron chi connectivity index (χ4n) is 1.43. The average Bonchev–Trinajstić information content (AvgIpc) is 2.98. The molecule has 0 aliphatic carbocycles. The van der Waals surface area contributed by atoms with Crippen LogP contribution < -0.4 is 5.73 Å². The van der Waals surface area contributed by atoms with Crippen molar-refractivity contribution in [3.63, 3.8) is 0 Å². The molecule has 3 aromatic rings. The molecule has 0 aromatic carbocycles. The molecule has 0 amide bonds. The average molecular weight is 244 g/mol. The highest BCUT2D eigenvalue weighted by atomic mass is 32.1. The molecule has 6 heteroatoms. The van der Waals surface area contributed by atoms with Crippen molar-refractivity contribution in [2.75, 3.05) is 5.73 Å². The Morgan fingerprint density at radius 3 is 2.88 bits per heavy atom. The van der Waals surface area contributed by atoms with Crippen LogP contribution in [0.3, 0.4) is 0 Å². The van der Waals surface area contributed by atoms with E-state index in [0.717, 1.165) is 5.56 Å². The van der Waals surface area contributed by atoms with E-state index in [1.807, 2.05) is 29.6 Å². The van der Waals surface area contributed by atoms with Crippen molar-refractivity contribution in [1.29, 1.82) is 0 Å². The zero-order valence-electron chi connectivity index (χ0n) is 8.70. The van der Waals surface area contributed by atoms with Crippen molar-refractivity contribution in [1.82, 2.24) is 15.1 Å². The van der Waals surface area contributed by atoms with Crippen LogP contribution in [0.5, 0.6) is 0 Å². The lowest BCUT2D eigenvalue weighted by Gasteiger charge is -1.90. The molecule has 84 valence electrons. The normalized spacial score (nSPS) is 10.6. The van der Waals surface area contributed by atoms with E-state index < -0.39 is 0 Å². The summed E-state index contributed by atoms with van der Waals surface area (Å²) >= 11 is 1.44. The summed E-state index contributed by atoms with van der Waals surface area (Å²) in [5.41, 5.74) is 7.24. The second-order valence-electron chi connectivity index (χ2n) is 3.34. The van der Waals surface area contributed by atoms with Crippen LogP contribution in [0, 0.1) is 0 Å². The molecule has 0 radical (unpaired) electrons. The number of pyridine rings is 1. The van der Waals surface area contributed by atoms with Gasteiger partial charge in [0.1, 0.15) is 5.69 Å². The molecule has 3 aromatic heterocycles. The van der Waals surface area contributed by atoms with E-state index in [4.69, 9.17) is 10.3 Å². The van der Waals surface area contributed by atoms with Gasteiger partial charge in [0, 0.05) is 6.20 Å². The molecule has 0 saturated carbocycles. The Morgan fingerprint density at radius 2 is 2.18 bits per heavy atom. The first-order chi connectivity index (χ1) is 8.34. The Bertz CT molecular complexity index is 632. The van der Waals surface area contributed by atoms with Gasteiger partial charge in [-0.1, -0.05) is 11.2 Å². The highest BCUT2D eigenvalue weighted by molar-refractivity contribution is 7.14. The standard InChI is InChI=1S/C11H8N4OS/c12-9-7(4-6-17-9)11-14-10(15-16-11)8-3-1-2-5-13-8/h1-6H,12H2. The summed E-state index contributed by atoms with van der Waals surface area (Å²) in [6.45, 7) is 0. The molecule has 0 atom stereocenters. The summed E-state index contributed by atoms with van der Waals surface area (Å²) in [5.74, 6) is 0.885. The minimum Gasteiger partial charge on any atom is -0.390 e. The van der Waals surface area contributed by atoms with E-state index in [1.165, 1.54) is 11.3 Å². The Hall–Kier alpha value is -2.21. The second kappa shape index (κ2) is 3.99. The van der Waals surface area contributed by atoms with Gasteiger partial charge in [-0.2, -0.15) is 4.98 Å². The smallest absolute Gasteiger partial charge is 0.261 e. The molecule has 2 N–H and O–H groups in total. The third kappa shape index (κ3) is 1.78. The van der Waals surface area contributed by atoms with Gasteiger partial charge in [-0.25, -0.2) is 0 Å². The summed E-state index contributed by atoms with van der Waals surface area (Å²) in [7, 11) is 0. The number of hydrogen-bond donors (Lipinski definition) is 1. The third-order valence-corrected chi connectivity index (χ3v) is 2.99. The van der Waals surface area contributed by atoms with E-state index >= 15 is 0 Å². The lowest BCUT2D eigenvalue weighted by atomic mass is 10.3. The molecule has 0 aliphatic rings. The Kier molecular flexibility index (Phi) is 2.34. The van der Waals surface area contributed by atoms with Crippen molar-refractivity contribution >= 4 is 16.3 Å². The molecule has 3 rings (SSSR count). The SMILES string of the molecule is Nc1sccc1-c1nc(-c2ccccn2)no1. The molecule has 17 heavy (non-hydrogen) atoms. The molecule has 0 unspecified atom stereocenters. The maximum absolute atomic E-state index is 5.80. The monoisotopic (exact) mass is 244 g/mol. The predicted molar refractivity (Wildman–Crippen MR) is 65.3 cm³/mol. The fraction of sp³-hybridized carbons (Fsp3) is 0. The first-order valence-corrected chi connectivity index (χ1v) is 5.81. The molecule has 0 fully saturated rings. The maximum Gasteiger partial charge on any atom is 0.261 e. The summed E-state index contributed by atoms with van der Waals surface area (Å²) < 4.78 is 5.17. The van der Waals surface area contributed by atoms with E-state index in [1.54, 1.807) is 6.20 Å². The highest BCUT2D eigenvalue weighted by Gasteiger charge is 2.13. The number of rotatable bonds is 2. The Balaban J connectivity index is 2.02. The topological polar surface area (TPSA) is 77.8 Å².